The van der Waals surface area contributed by atoms with Gasteiger partial charge < -0.3 is 0 Å². The molecule has 0 aromatic heterocycles. The van der Waals surface area contributed by atoms with Crippen molar-refractivity contribution in [3.63, 3.8) is 0 Å². The Morgan fingerprint density at radius 2 is 1.79 bits per heavy atom. The summed E-state index contributed by atoms with van der Waals surface area (Å²) in [6.45, 7) is 9.65. The molecule has 1 heterocycles. The lowest BCUT2D eigenvalue weighted by molar-refractivity contribution is 0.0181. The molecule has 0 bridgehead atoms. The molecule has 0 aliphatic carbocycles. The Kier molecular flexibility index (Phi) is 3.26. The van der Waals surface area contributed by atoms with Crippen LogP contribution >= 0.6 is 0 Å². The van der Waals surface area contributed by atoms with Crippen molar-refractivity contribution in [1.29, 1.82) is 0 Å². The quantitative estimate of drug-likeness (QED) is 0.722. The number of rotatable bonds is 4. The van der Waals surface area contributed by atoms with Crippen LogP contribution < -0.4 is 0 Å². The molecule has 0 amide bonds. The second kappa shape index (κ2) is 3.81. The lowest BCUT2D eigenvalue weighted by atomic mass is 9.70. The second-order valence-electron chi connectivity index (χ2n) is 4.54. The molecular weight excluding hydrogens is 198 g/mol. The molecule has 0 radical (unpaired) electrons. The third kappa shape index (κ3) is 1.82. The molecule has 0 unspecified atom stereocenters. The van der Waals surface area contributed by atoms with Crippen LogP contribution in [0.25, 0.3) is 0 Å². The number of sulfonamides is 1. The molecule has 0 saturated carbocycles. The van der Waals surface area contributed by atoms with Gasteiger partial charge in [-0.1, -0.05) is 20.8 Å². The van der Waals surface area contributed by atoms with Gasteiger partial charge in [-0.05, 0) is 19.3 Å². The van der Waals surface area contributed by atoms with E-state index in [9.17, 15) is 8.42 Å². The molecule has 1 aliphatic heterocycles. The second-order valence-corrected chi connectivity index (χ2v) is 6.80. The van der Waals surface area contributed by atoms with Crippen molar-refractivity contribution in [3.05, 3.63) is 0 Å². The predicted molar refractivity (Wildman–Crippen MR) is 58.6 cm³/mol. The van der Waals surface area contributed by atoms with Crippen LogP contribution in [0.2, 0.25) is 0 Å². The van der Waals surface area contributed by atoms with Crippen LogP contribution in [0.1, 0.15) is 34.1 Å². The molecule has 84 valence electrons. The van der Waals surface area contributed by atoms with Crippen LogP contribution in [0.3, 0.4) is 0 Å². The summed E-state index contributed by atoms with van der Waals surface area (Å²) in [6.07, 6.45) is 1.07. The minimum atomic E-state index is -2.94. The van der Waals surface area contributed by atoms with Crippen LogP contribution in [0.4, 0.5) is 0 Å². The summed E-state index contributed by atoms with van der Waals surface area (Å²) < 4.78 is 24.7. The number of hydrogen-bond acceptors (Lipinski definition) is 2. The SMILES string of the molecule is CCC1(C(C)C)CN(S(=O)(=O)CC)C1. The lowest BCUT2D eigenvalue weighted by Gasteiger charge is -2.51. The first-order valence-electron chi connectivity index (χ1n) is 5.36. The molecule has 14 heavy (non-hydrogen) atoms. The minimum Gasteiger partial charge on any atom is -0.212 e. The maximum Gasteiger partial charge on any atom is 0.213 e. The summed E-state index contributed by atoms with van der Waals surface area (Å²) >= 11 is 0. The van der Waals surface area contributed by atoms with Crippen LogP contribution in [-0.2, 0) is 10.0 Å². The molecule has 0 aromatic rings. The largest absolute Gasteiger partial charge is 0.213 e. The fraction of sp³-hybridized carbons (Fsp3) is 1.00. The molecule has 0 N–H and O–H groups in total. The van der Waals surface area contributed by atoms with Crippen molar-refractivity contribution >= 4 is 10.0 Å². The Hall–Kier alpha value is -0.0900. The predicted octanol–water partition coefficient (Wildman–Crippen LogP) is 1.70. The van der Waals surface area contributed by atoms with Gasteiger partial charge in [0.15, 0.2) is 0 Å². The molecule has 0 spiro atoms. The van der Waals surface area contributed by atoms with E-state index >= 15 is 0 Å². The highest BCUT2D eigenvalue weighted by Gasteiger charge is 2.47. The van der Waals surface area contributed by atoms with E-state index in [0.717, 1.165) is 19.5 Å². The summed E-state index contributed by atoms with van der Waals surface area (Å²) in [5.74, 6) is 0.793. The monoisotopic (exact) mass is 219 g/mol. The Bertz CT molecular complexity index is 289. The number of nitrogens with zero attached hydrogens (tertiary/aromatic N) is 1. The van der Waals surface area contributed by atoms with Gasteiger partial charge in [0.25, 0.3) is 0 Å². The van der Waals surface area contributed by atoms with Crippen molar-refractivity contribution in [2.45, 2.75) is 34.1 Å². The van der Waals surface area contributed by atoms with Crippen LogP contribution in [0, 0.1) is 11.3 Å². The zero-order valence-corrected chi connectivity index (χ0v) is 10.4. The minimum absolute atomic E-state index is 0.227. The molecule has 1 saturated heterocycles. The fourth-order valence-electron chi connectivity index (χ4n) is 2.03. The van der Waals surface area contributed by atoms with E-state index in [0.29, 0.717) is 5.92 Å². The maximum absolute atomic E-state index is 11.5. The van der Waals surface area contributed by atoms with Gasteiger partial charge in [0.05, 0.1) is 5.75 Å². The van der Waals surface area contributed by atoms with Gasteiger partial charge in [-0.2, -0.15) is 0 Å². The summed E-state index contributed by atoms with van der Waals surface area (Å²) in [4.78, 5) is 0. The van der Waals surface area contributed by atoms with Crippen molar-refractivity contribution in [2.24, 2.45) is 11.3 Å². The zero-order chi connectivity index (χ0) is 11.0. The number of hydrogen-bond donors (Lipinski definition) is 0. The average molecular weight is 219 g/mol. The molecule has 1 aliphatic rings. The smallest absolute Gasteiger partial charge is 0.212 e. The van der Waals surface area contributed by atoms with E-state index in [1.54, 1.807) is 11.2 Å². The van der Waals surface area contributed by atoms with Gasteiger partial charge in [-0.25, -0.2) is 12.7 Å². The van der Waals surface area contributed by atoms with Gasteiger partial charge in [-0.15, -0.1) is 0 Å². The Morgan fingerprint density at radius 1 is 1.29 bits per heavy atom. The Labute approximate surface area is 87.5 Å². The Balaban J connectivity index is 2.66. The van der Waals surface area contributed by atoms with Crippen LogP contribution in [0.5, 0.6) is 0 Å². The first-order valence-corrected chi connectivity index (χ1v) is 6.96. The normalized spacial score (nSPS) is 22.4. The van der Waals surface area contributed by atoms with Gasteiger partial charge in [0, 0.05) is 18.5 Å². The van der Waals surface area contributed by atoms with Gasteiger partial charge in [0.2, 0.25) is 10.0 Å². The lowest BCUT2D eigenvalue weighted by Crippen LogP contribution is -2.60. The van der Waals surface area contributed by atoms with Crippen molar-refractivity contribution in [3.8, 4) is 0 Å². The zero-order valence-electron chi connectivity index (χ0n) is 9.58. The highest BCUT2D eigenvalue weighted by atomic mass is 32.2. The van der Waals surface area contributed by atoms with E-state index in [-0.39, 0.29) is 11.2 Å². The first-order chi connectivity index (χ1) is 6.38. The van der Waals surface area contributed by atoms with Crippen LogP contribution in [-0.4, -0.2) is 31.6 Å². The van der Waals surface area contributed by atoms with Crippen molar-refractivity contribution in [2.75, 3.05) is 18.8 Å². The molecule has 3 nitrogen and oxygen atoms in total. The average Bonchev–Trinajstić information content (AvgIpc) is 2.02. The highest BCUT2D eigenvalue weighted by molar-refractivity contribution is 7.89. The third-order valence-corrected chi connectivity index (χ3v) is 5.44. The molecule has 4 heteroatoms. The first kappa shape index (κ1) is 12.0. The summed E-state index contributed by atoms with van der Waals surface area (Å²) in [6, 6.07) is 0. The van der Waals surface area contributed by atoms with E-state index in [1.165, 1.54) is 0 Å². The third-order valence-electron chi connectivity index (χ3n) is 3.67. The fourth-order valence-corrected chi connectivity index (χ4v) is 3.31. The van der Waals surface area contributed by atoms with E-state index < -0.39 is 10.0 Å². The standard InChI is InChI=1S/C10H21NO2S/c1-5-10(9(3)4)7-11(8-10)14(12,13)6-2/h9H,5-8H2,1-4H3. The maximum atomic E-state index is 11.5. The Morgan fingerprint density at radius 3 is 2.07 bits per heavy atom. The van der Waals surface area contributed by atoms with Gasteiger partial charge >= 0.3 is 0 Å². The van der Waals surface area contributed by atoms with Gasteiger partial charge in [-0.3, -0.25) is 0 Å². The molecule has 1 rings (SSSR count). The molecular formula is C10H21NO2S. The van der Waals surface area contributed by atoms with Crippen molar-refractivity contribution < 1.29 is 8.42 Å². The van der Waals surface area contributed by atoms with Crippen molar-refractivity contribution in [1.82, 2.24) is 4.31 Å². The van der Waals surface area contributed by atoms with Crippen LogP contribution in [0.15, 0.2) is 0 Å². The summed E-state index contributed by atoms with van der Waals surface area (Å²) in [5.41, 5.74) is 0.238. The van der Waals surface area contributed by atoms with E-state index in [2.05, 4.69) is 20.8 Å². The van der Waals surface area contributed by atoms with Gasteiger partial charge in [0.1, 0.15) is 0 Å². The molecule has 0 aromatic carbocycles. The molecule has 0 atom stereocenters. The summed E-state index contributed by atoms with van der Waals surface area (Å²) in [5, 5.41) is 0. The van der Waals surface area contributed by atoms with E-state index in [4.69, 9.17) is 0 Å². The van der Waals surface area contributed by atoms with E-state index in [1.807, 2.05) is 0 Å². The topological polar surface area (TPSA) is 37.4 Å². The highest BCUT2D eigenvalue weighted by Crippen LogP contribution is 2.42. The molecule has 1 fully saturated rings. The summed E-state index contributed by atoms with van der Waals surface area (Å²) in [7, 11) is -2.94.